The first-order chi connectivity index (χ1) is 6.73. The lowest BCUT2D eigenvalue weighted by atomic mass is 9.78. The van der Waals surface area contributed by atoms with E-state index < -0.39 is 11.8 Å². The van der Waals surface area contributed by atoms with Gasteiger partial charge in [-0.3, -0.25) is 0 Å². The van der Waals surface area contributed by atoms with Crippen molar-refractivity contribution in [3.63, 3.8) is 0 Å². The van der Waals surface area contributed by atoms with Gasteiger partial charge in [-0.05, 0) is 18.4 Å². The fourth-order valence-electron chi connectivity index (χ4n) is 2.17. The molecule has 0 spiro atoms. The van der Waals surface area contributed by atoms with Crippen LogP contribution < -0.4 is 0 Å². The van der Waals surface area contributed by atoms with E-state index in [1.54, 1.807) is 12.1 Å². The summed E-state index contributed by atoms with van der Waals surface area (Å²) < 4.78 is 13.7. The van der Waals surface area contributed by atoms with E-state index in [9.17, 15) is 9.50 Å². The van der Waals surface area contributed by atoms with Gasteiger partial charge >= 0.3 is 0 Å². The minimum atomic E-state index is -1.24. The predicted molar refractivity (Wildman–Crippen MR) is 53.7 cm³/mol. The van der Waals surface area contributed by atoms with E-state index in [1.807, 2.05) is 18.2 Å². The average Bonchev–Trinajstić information content (AvgIpc) is 2.24. The summed E-state index contributed by atoms with van der Waals surface area (Å²) in [5.74, 6) is 0. The molecule has 1 aromatic rings. The molecule has 2 rings (SSSR count). The molecular formula is C12H15FO. The Balaban J connectivity index is 2.30. The smallest absolute Gasteiger partial charge is 0.133 e. The molecule has 0 aromatic heterocycles. The van der Waals surface area contributed by atoms with Gasteiger partial charge in [0.2, 0.25) is 0 Å². The third kappa shape index (κ3) is 1.55. The first-order valence-corrected chi connectivity index (χ1v) is 5.15. The fraction of sp³-hybridized carbons (Fsp3) is 0.500. The second-order valence-corrected chi connectivity index (χ2v) is 4.00. The van der Waals surface area contributed by atoms with Gasteiger partial charge in [0.15, 0.2) is 0 Å². The van der Waals surface area contributed by atoms with Gasteiger partial charge in [-0.1, -0.05) is 43.2 Å². The normalized spacial score (nSPS) is 32.9. The zero-order valence-corrected chi connectivity index (χ0v) is 8.12. The van der Waals surface area contributed by atoms with Crippen LogP contribution in [-0.4, -0.2) is 11.3 Å². The van der Waals surface area contributed by atoms with Gasteiger partial charge in [0, 0.05) is 0 Å². The van der Waals surface area contributed by atoms with Gasteiger partial charge < -0.3 is 5.11 Å². The Morgan fingerprint density at radius 1 is 1.21 bits per heavy atom. The number of hydrogen-bond donors (Lipinski definition) is 1. The molecule has 76 valence electrons. The molecule has 0 unspecified atom stereocenters. The number of aliphatic hydroxyl groups is 1. The Hall–Kier alpha value is -0.890. The van der Waals surface area contributed by atoms with Crippen LogP contribution in [0.5, 0.6) is 0 Å². The van der Waals surface area contributed by atoms with Crippen molar-refractivity contribution in [3.05, 3.63) is 35.9 Å². The maximum atomic E-state index is 13.7. The molecule has 0 saturated heterocycles. The SMILES string of the molecule is O[C@]1(c2ccccc2)CCCC[C@@H]1F. The molecule has 1 N–H and O–H groups in total. The van der Waals surface area contributed by atoms with Crippen molar-refractivity contribution in [1.82, 2.24) is 0 Å². The third-order valence-corrected chi connectivity index (χ3v) is 3.06. The standard InChI is InChI=1S/C12H15FO/c13-11-8-4-5-9-12(11,14)10-6-2-1-3-7-10/h1-3,6-7,11,14H,4-5,8-9H2/t11-,12-/m0/s1. The van der Waals surface area contributed by atoms with E-state index in [0.717, 1.165) is 12.8 Å². The molecule has 1 fully saturated rings. The maximum absolute atomic E-state index is 13.7. The van der Waals surface area contributed by atoms with E-state index in [-0.39, 0.29) is 0 Å². The number of hydrogen-bond acceptors (Lipinski definition) is 1. The third-order valence-electron chi connectivity index (χ3n) is 3.06. The summed E-state index contributed by atoms with van der Waals surface area (Å²) in [6, 6.07) is 9.17. The van der Waals surface area contributed by atoms with E-state index in [2.05, 4.69) is 0 Å². The number of benzene rings is 1. The summed E-state index contributed by atoms with van der Waals surface area (Å²) >= 11 is 0. The second-order valence-electron chi connectivity index (χ2n) is 4.00. The molecule has 1 aliphatic rings. The largest absolute Gasteiger partial charge is 0.382 e. The summed E-state index contributed by atoms with van der Waals surface area (Å²) in [4.78, 5) is 0. The van der Waals surface area contributed by atoms with E-state index >= 15 is 0 Å². The topological polar surface area (TPSA) is 20.2 Å². The fourth-order valence-corrected chi connectivity index (χ4v) is 2.17. The molecule has 14 heavy (non-hydrogen) atoms. The highest BCUT2D eigenvalue weighted by Crippen LogP contribution is 2.38. The summed E-state index contributed by atoms with van der Waals surface area (Å²) in [6.07, 6.45) is 1.70. The molecule has 0 bridgehead atoms. The van der Waals surface area contributed by atoms with Gasteiger partial charge in [0.25, 0.3) is 0 Å². The van der Waals surface area contributed by atoms with Gasteiger partial charge in [0.1, 0.15) is 11.8 Å². The van der Waals surface area contributed by atoms with Crippen LogP contribution in [0.2, 0.25) is 0 Å². The van der Waals surface area contributed by atoms with Crippen molar-refractivity contribution >= 4 is 0 Å². The number of rotatable bonds is 1. The molecule has 0 amide bonds. The maximum Gasteiger partial charge on any atom is 0.133 e. The Kier molecular flexibility index (Phi) is 2.55. The molecule has 0 heterocycles. The molecule has 1 nitrogen and oxygen atoms in total. The molecule has 2 atom stereocenters. The van der Waals surface area contributed by atoms with Gasteiger partial charge in [0.05, 0.1) is 0 Å². The number of halogens is 1. The van der Waals surface area contributed by atoms with Crippen molar-refractivity contribution in [1.29, 1.82) is 0 Å². The predicted octanol–water partition coefficient (Wildman–Crippen LogP) is 2.79. The average molecular weight is 194 g/mol. The van der Waals surface area contributed by atoms with Crippen LogP contribution in [0.3, 0.4) is 0 Å². The summed E-state index contributed by atoms with van der Waals surface area (Å²) in [7, 11) is 0. The van der Waals surface area contributed by atoms with Crippen molar-refractivity contribution in [2.75, 3.05) is 0 Å². The quantitative estimate of drug-likeness (QED) is 0.728. The van der Waals surface area contributed by atoms with Crippen molar-refractivity contribution < 1.29 is 9.50 Å². The lowest BCUT2D eigenvalue weighted by molar-refractivity contribution is -0.0685. The highest BCUT2D eigenvalue weighted by molar-refractivity contribution is 5.24. The Morgan fingerprint density at radius 2 is 1.93 bits per heavy atom. The molecule has 0 radical (unpaired) electrons. The molecule has 1 aliphatic carbocycles. The van der Waals surface area contributed by atoms with Gasteiger partial charge in [-0.15, -0.1) is 0 Å². The van der Waals surface area contributed by atoms with Gasteiger partial charge in [-0.2, -0.15) is 0 Å². The molecule has 0 aliphatic heterocycles. The molecule has 2 heteroatoms. The van der Waals surface area contributed by atoms with Crippen LogP contribution in [0, 0.1) is 0 Å². The lowest BCUT2D eigenvalue weighted by Crippen LogP contribution is -2.39. The second kappa shape index (κ2) is 3.70. The van der Waals surface area contributed by atoms with Crippen LogP contribution in [0.4, 0.5) is 4.39 Å². The summed E-state index contributed by atoms with van der Waals surface area (Å²) in [6.45, 7) is 0. The van der Waals surface area contributed by atoms with Crippen molar-refractivity contribution in [2.45, 2.75) is 37.5 Å². The minimum absolute atomic E-state index is 0.478. The highest BCUT2D eigenvalue weighted by atomic mass is 19.1. The van der Waals surface area contributed by atoms with Crippen LogP contribution in [-0.2, 0) is 5.60 Å². The van der Waals surface area contributed by atoms with Crippen LogP contribution >= 0.6 is 0 Å². The molecule has 1 saturated carbocycles. The van der Waals surface area contributed by atoms with Crippen LogP contribution in [0.25, 0.3) is 0 Å². The van der Waals surface area contributed by atoms with E-state index in [4.69, 9.17) is 0 Å². The van der Waals surface area contributed by atoms with Crippen molar-refractivity contribution in [2.24, 2.45) is 0 Å². The summed E-state index contributed by atoms with van der Waals surface area (Å²) in [5.41, 5.74) is -0.522. The Labute approximate surface area is 83.6 Å². The minimum Gasteiger partial charge on any atom is -0.382 e. The first kappa shape index (κ1) is 9.66. The van der Waals surface area contributed by atoms with Crippen LogP contribution in [0.1, 0.15) is 31.2 Å². The Bertz CT molecular complexity index is 298. The lowest BCUT2D eigenvalue weighted by Gasteiger charge is -2.35. The summed E-state index contributed by atoms with van der Waals surface area (Å²) in [5, 5.41) is 10.2. The molecule has 1 aromatic carbocycles. The molecular weight excluding hydrogens is 179 g/mol. The first-order valence-electron chi connectivity index (χ1n) is 5.15. The van der Waals surface area contributed by atoms with E-state index in [0.29, 0.717) is 18.4 Å². The van der Waals surface area contributed by atoms with Crippen molar-refractivity contribution in [3.8, 4) is 0 Å². The zero-order valence-electron chi connectivity index (χ0n) is 8.12. The van der Waals surface area contributed by atoms with Crippen LogP contribution in [0.15, 0.2) is 30.3 Å². The number of alkyl halides is 1. The van der Waals surface area contributed by atoms with Gasteiger partial charge in [-0.25, -0.2) is 4.39 Å². The highest BCUT2D eigenvalue weighted by Gasteiger charge is 2.40. The zero-order chi connectivity index (χ0) is 10.0. The monoisotopic (exact) mass is 194 g/mol. The Morgan fingerprint density at radius 3 is 2.57 bits per heavy atom. The van der Waals surface area contributed by atoms with E-state index in [1.165, 1.54) is 0 Å².